The zero-order chi connectivity index (χ0) is 27.3. The molecule has 0 atom stereocenters. The van der Waals surface area contributed by atoms with Crippen molar-refractivity contribution in [2.45, 2.75) is 33.1 Å². The van der Waals surface area contributed by atoms with Crippen molar-refractivity contribution in [2.24, 2.45) is 0 Å². The quantitative estimate of drug-likeness (QED) is 0.128. The topological polar surface area (TPSA) is 94.5 Å². The second kappa shape index (κ2) is 13.2. The number of amidine groups is 1. The SMILES string of the molecule is CCOc1cc2c(cc1C(=O)NC)C(=N)N(CC(=O)c1c(SF)c(NSF)c(SF)c(SF)c1SF)C2. The van der Waals surface area contributed by atoms with Crippen LogP contribution in [0.5, 0.6) is 5.75 Å². The largest absolute Gasteiger partial charge is 0.493 e. The maximum atomic E-state index is 14.0. The highest BCUT2D eigenvalue weighted by molar-refractivity contribution is 7.99. The molecule has 0 saturated heterocycles. The highest BCUT2D eigenvalue weighted by atomic mass is 32.2. The first-order valence-electron chi connectivity index (χ1n) is 10.1. The lowest BCUT2D eigenvalue weighted by atomic mass is 10.0. The van der Waals surface area contributed by atoms with Gasteiger partial charge in [0, 0.05) is 19.2 Å². The lowest BCUT2D eigenvalue weighted by Gasteiger charge is -2.21. The smallest absolute Gasteiger partial charge is 0.254 e. The minimum absolute atomic E-state index is 0.0266. The van der Waals surface area contributed by atoms with E-state index in [0.29, 0.717) is 11.1 Å². The second-order valence-electron chi connectivity index (χ2n) is 7.20. The average molecular weight is 617 g/mol. The third-order valence-electron chi connectivity index (χ3n) is 5.29. The summed E-state index contributed by atoms with van der Waals surface area (Å²) in [4.78, 5) is 24.3. The van der Waals surface area contributed by atoms with Gasteiger partial charge in [-0.3, -0.25) is 19.7 Å². The number of Topliss-reactive ketones (excluding diaryl/α,β-unsaturated/α-hetero) is 1. The van der Waals surface area contributed by atoms with Crippen LogP contribution in [0.15, 0.2) is 31.7 Å². The fourth-order valence-electron chi connectivity index (χ4n) is 3.74. The van der Waals surface area contributed by atoms with Crippen molar-refractivity contribution in [3.8, 4) is 5.75 Å². The number of hydrogen-bond acceptors (Lipinski definition) is 10. The lowest BCUT2D eigenvalue weighted by molar-refractivity contribution is 0.0949. The Morgan fingerprint density at radius 1 is 1.03 bits per heavy atom. The van der Waals surface area contributed by atoms with E-state index in [9.17, 15) is 29.0 Å². The summed E-state index contributed by atoms with van der Waals surface area (Å²) in [6.45, 7) is 1.45. The van der Waals surface area contributed by atoms with Crippen LogP contribution in [-0.4, -0.2) is 42.6 Å². The van der Waals surface area contributed by atoms with Crippen LogP contribution in [0.1, 0.15) is 38.8 Å². The molecule has 0 aromatic heterocycles. The van der Waals surface area contributed by atoms with Gasteiger partial charge in [-0.25, -0.2) is 0 Å². The Balaban J connectivity index is 2.04. The third-order valence-corrected chi connectivity index (χ3v) is 8.08. The molecule has 0 saturated carbocycles. The number of rotatable bonds is 12. The summed E-state index contributed by atoms with van der Waals surface area (Å²) < 4.78 is 75.8. The highest BCUT2D eigenvalue weighted by Gasteiger charge is 2.34. The van der Waals surface area contributed by atoms with Crippen LogP contribution < -0.4 is 14.8 Å². The van der Waals surface area contributed by atoms with Crippen LogP contribution in [-0.2, 0) is 6.54 Å². The van der Waals surface area contributed by atoms with Crippen LogP contribution >= 0.6 is 60.9 Å². The minimum Gasteiger partial charge on any atom is -0.493 e. The molecule has 0 aliphatic carbocycles. The summed E-state index contributed by atoms with van der Waals surface area (Å²) in [6, 6.07) is 3.02. The predicted octanol–water partition coefficient (Wildman–Crippen LogP) is 7.32. The number of nitrogens with zero attached hydrogens (tertiary/aromatic N) is 1. The van der Waals surface area contributed by atoms with Gasteiger partial charge in [0.05, 0.1) is 98.1 Å². The van der Waals surface area contributed by atoms with Gasteiger partial charge in [-0.2, -0.15) is 15.5 Å². The highest BCUT2D eigenvalue weighted by Crippen LogP contribution is 2.52. The Morgan fingerprint density at radius 2 is 1.68 bits per heavy atom. The number of carbonyl (C=O) groups is 2. The zero-order valence-electron chi connectivity index (χ0n) is 18.9. The summed E-state index contributed by atoms with van der Waals surface area (Å²) in [5.74, 6) is -1.24. The number of halogens is 5. The van der Waals surface area contributed by atoms with Gasteiger partial charge in [-0.05, 0) is 24.6 Å². The number of amides is 1. The average Bonchev–Trinajstić information content (AvgIpc) is 3.20. The molecule has 1 heterocycles. The molecule has 2 aromatic carbocycles. The van der Waals surface area contributed by atoms with Gasteiger partial charge in [-0.1, -0.05) is 0 Å². The van der Waals surface area contributed by atoms with E-state index >= 15 is 0 Å². The normalized spacial score (nSPS) is 12.5. The first-order valence-corrected chi connectivity index (χ1v) is 13.7. The number of carbonyl (C=O) groups excluding carboxylic acids is 2. The van der Waals surface area contributed by atoms with E-state index in [1.54, 1.807) is 13.0 Å². The fraction of sp³-hybridized carbons (Fsp3) is 0.250. The summed E-state index contributed by atoms with van der Waals surface area (Å²) in [5, 5.41) is 11.0. The molecule has 2 aromatic rings. The summed E-state index contributed by atoms with van der Waals surface area (Å²) in [6.07, 6.45) is 0. The first kappa shape index (κ1) is 29.6. The molecule has 37 heavy (non-hydrogen) atoms. The van der Waals surface area contributed by atoms with E-state index in [1.807, 2.05) is 4.72 Å². The van der Waals surface area contributed by atoms with Gasteiger partial charge < -0.3 is 15.0 Å². The maximum Gasteiger partial charge on any atom is 0.254 e. The van der Waals surface area contributed by atoms with Crippen molar-refractivity contribution in [1.82, 2.24) is 10.2 Å². The minimum atomic E-state index is -0.924. The molecular formula is C20H17F5N4O3S5. The molecule has 0 radical (unpaired) electrons. The Morgan fingerprint density at radius 3 is 2.22 bits per heavy atom. The number of ketones is 1. The molecule has 0 bridgehead atoms. The number of hydrogen-bond donors (Lipinski definition) is 3. The number of ether oxygens (including phenoxy) is 1. The summed E-state index contributed by atoms with van der Waals surface area (Å²) in [7, 11) is 1.43. The molecule has 7 nitrogen and oxygen atoms in total. The van der Waals surface area contributed by atoms with Crippen LogP contribution in [0.2, 0.25) is 0 Å². The van der Waals surface area contributed by atoms with Gasteiger partial charge in [0.15, 0.2) is 18.1 Å². The van der Waals surface area contributed by atoms with Crippen molar-refractivity contribution in [3.63, 3.8) is 0 Å². The van der Waals surface area contributed by atoms with Gasteiger partial charge in [0.25, 0.3) is 5.91 Å². The number of nitrogens with one attached hydrogen (secondary N) is 3. The molecule has 1 aliphatic rings. The van der Waals surface area contributed by atoms with Crippen molar-refractivity contribution >= 4 is 84.1 Å². The van der Waals surface area contributed by atoms with E-state index in [1.165, 1.54) is 18.0 Å². The molecule has 0 fully saturated rings. The number of benzene rings is 2. The van der Waals surface area contributed by atoms with Crippen molar-refractivity contribution < 1.29 is 33.8 Å². The molecule has 200 valence electrons. The second-order valence-corrected chi connectivity index (χ2v) is 9.81. The van der Waals surface area contributed by atoms with Gasteiger partial charge in [0.1, 0.15) is 11.6 Å². The van der Waals surface area contributed by atoms with Crippen LogP contribution in [0.25, 0.3) is 0 Å². The van der Waals surface area contributed by atoms with E-state index < -0.39 is 110 Å². The van der Waals surface area contributed by atoms with Crippen molar-refractivity contribution in [2.75, 3.05) is 24.9 Å². The molecule has 3 rings (SSSR count). The summed E-state index contributed by atoms with van der Waals surface area (Å²) in [5.41, 5.74) is -0.106. The van der Waals surface area contributed by atoms with E-state index in [0.717, 1.165) is 0 Å². The summed E-state index contributed by atoms with van der Waals surface area (Å²) >= 11 is -2.82. The molecule has 1 amide bonds. The van der Waals surface area contributed by atoms with Gasteiger partial charge >= 0.3 is 0 Å². The predicted molar refractivity (Wildman–Crippen MR) is 139 cm³/mol. The number of fused-ring (bicyclic) bond motifs is 1. The Kier molecular flexibility index (Phi) is 10.6. The number of anilines is 1. The van der Waals surface area contributed by atoms with E-state index in [2.05, 4.69) is 5.32 Å². The lowest BCUT2D eigenvalue weighted by Crippen LogP contribution is -2.31. The van der Waals surface area contributed by atoms with Gasteiger partial charge in [0.2, 0.25) is 0 Å². The Labute approximate surface area is 230 Å². The van der Waals surface area contributed by atoms with E-state index in [-0.39, 0.29) is 30.3 Å². The molecule has 3 N–H and O–H groups in total. The Hall–Kier alpha value is -1.95. The Bertz CT molecular complexity index is 1240. The first-order chi connectivity index (χ1) is 17.8. The van der Waals surface area contributed by atoms with Crippen molar-refractivity contribution in [1.29, 1.82) is 5.41 Å². The molecule has 0 unspecified atom stereocenters. The zero-order valence-corrected chi connectivity index (χ0v) is 23.0. The van der Waals surface area contributed by atoms with E-state index in [4.69, 9.17) is 10.1 Å². The van der Waals surface area contributed by atoms with Crippen LogP contribution in [0, 0.1) is 5.41 Å². The molecule has 1 aliphatic heterocycles. The fourth-order valence-corrected chi connectivity index (χ4v) is 6.46. The molecule has 0 spiro atoms. The standard InChI is InChI=1S/C20H17F5N4O3S5/c1-3-32-12-4-8-6-29(19(26)9(8)5-10(12)20(31)27-2)7-11(30)13-15(33-21)14(28-37-25)17(35-23)18(36-24)16(13)34-22/h4-5,26,28H,3,6-7H2,1-2H3,(H,27,31). The molecule has 17 heteroatoms. The third kappa shape index (κ3) is 5.74. The maximum absolute atomic E-state index is 14.0. The van der Waals surface area contributed by atoms with Crippen molar-refractivity contribution in [3.05, 3.63) is 34.4 Å². The monoisotopic (exact) mass is 616 g/mol. The van der Waals surface area contributed by atoms with Crippen LogP contribution in [0.4, 0.5) is 25.1 Å². The van der Waals surface area contributed by atoms with Gasteiger partial charge in [-0.15, -0.1) is 3.89 Å². The van der Waals surface area contributed by atoms with Crippen LogP contribution in [0.3, 0.4) is 0 Å². The molecular weight excluding hydrogens is 600 g/mol.